The van der Waals surface area contributed by atoms with Crippen LogP contribution in [0.2, 0.25) is 0 Å². The number of hydrogen-bond acceptors (Lipinski definition) is 2. The Bertz CT molecular complexity index is 434. The van der Waals surface area contributed by atoms with E-state index in [1.54, 1.807) is 5.56 Å². The van der Waals surface area contributed by atoms with Gasteiger partial charge < -0.3 is 5.32 Å². The number of aliphatic imine (C=N–C) groups is 1. The smallest absolute Gasteiger partial charge is 0.0646 e. The quantitative estimate of drug-likeness (QED) is 0.815. The summed E-state index contributed by atoms with van der Waals surface area (Å²) in [5.41, 5.74) is 5.75. The molecule has 0 aromatic heterocycles. The van der Waals surface area contributed by atoms with Crippen molar-refractivity contribution in [3.8, 4) is 0 Å². The maximum Gasteiger partial charge on any atom is 0.0646 e. The zero-order valence-corrected chi connectivity index (χ0v) is 11.0. The van der Waals surface area contributed by atoms with E-state index in [0.717, 1.165) is 25.6 Å². The summed E-state index contributed by atoms with van der Waals surface area (Å²) in [4.78, 5) is 4.34. The highest BCUT2D eigenvalue weighted by atomic mass is 35.5. The number of nitrogens with zero attached hydrogens (tertiary/aromatic N) is 1. The topological polar surface area (TPSA) is 24.4 Å². The van der Waals surface area contributed by atoms with Crippen molar-refractivity contribution >= 4 is 18.6 Å². The minimum Gasteiger partial charge on any atom is -0.317 e. The van der Waals surface area contributed by atoms with Gasteiger partial charge in [0.25, 0.3) is 0 Å². The Labute approximate surface area is 109 Å². The highest BCUT2D eigenvalue weighted by molar-refractivity contribution is 5.85. The van der Waals surface area contributed by atoms with Gasteiger partial charge in [0, 0.05) is 6.21 Å². The lowest BCUT2D eigenvalue weighted by molar-refractivity contribution is 0.459. The van der Waals surface area contributed by atoms with E-state index in [9.17, 15) is 0 Å². The van der Waals surface area contributed by atoms with Crippen LogP contribution in [0.15, 0.2) is 17.1 Å². The molecule has 1 saturated heterocycles. The van der Waals surface area contributed by atoms with E-state index in [-0.39, 0.29) is 12.4 Å². The van der Waals surface area contributed by atoms with Gasteiger partial charge in [-0.3, -0.25) is 4.99 Å². The van der Waals surface area contributed by atoms with E-state index in [1.807, 2.05) is 6.21 Å². The van der Waals surface area contributed by atoms with Gasteiger partial charge in [0.1, 0.15) is 0 Å². The lowest BCUT2D eigenvalue weighted by Crippen LogP contribution is -2.27. The first-order valence-corrected chi connectivity index (χ1v) is 6.18. The van der Waals surface area contributed by atoms with Crippen LogP contribution >= 0.6 is 12.4 Å². The van der Waals surface area contributed by atoms with Gasteiger partial charge in [-0.1, -0.05) is 6.07 Å². The highest BCUT2D eigenvalue weighted by Crippen LogP contribution is 2.31. The Morgan fingerprint density at radius 2 is 2.00 bits per heavy atom. The lowest BCUT2D eigenvalue weighted by atomic mass is 9.85. The maximum absolute atomic E-state index is 4.34. The van der Waals surface area contributed by atoms with Crippen molar-refractivity contribution in [2.75, 3.05) is 13.1 Å². The third-order valence-electron chi connectivity index (χ3n) is 3.80. The van der Waals surface area contributed by atoms with Crippen molar-refractivity contribution in [1.29, 1.82) is 0 Å². The second-order valence-electron chi connectivity index (χ2n) is 4.90. The minimum absolute atomic E-state index is 0. The van der Waals surface area contributed by atoms with Gasteiger partial charge in [0.15, 0.2) is 0 Å². The number of fused-ring (bicyclic) bond motifs is 1. The van der Waals surface area contributed by atoms with Crippen molar-refractivity contribution in [1.82, 2.24) is 5.32 Å². The van der Waals surface area contributed by atoms with Crippen LogP contribution in [0, 0.1) is 6.92 Å². The van der Waals surface area contributed by atoms with Gasteiger partial charge in [0.05, 0.1) is 6.54 Å². The predicted octanol–water partition coefficient (Wildman–Crippen LogP) is 2.82. The van der Waals surface area contributed by atoms with Crippen LogP contribution in [-0.4, -0.2) is 19.3 Å². The average Bonchev–Trinajstić information content (AvgIpc) is 2.76. The van der Waals surface area contributed by atoms with Gasteiger partial charge in [-0.15, -0.1) is 12.4 Å². The molecule has 3 rings (SSSR count). The molecule has 1 fully saturated rings. The Kier molecular flexibility index (Phi) is 3.85. The van der Waals surface area contributed by atoms with Crippen molar-refractivity contribution in [3.63, 3.8) is 0 Å². The summed E-state index contributed by atoms with van der Waals surface area (Å²) in [6.45, 7) is 5.45. The Morgan fingerprint density at radius 1 is 1.24 bits per heavy atom. The fraction of sp³-hybridized carbons (Fsp3) is 0.500. The van der Waals surface area contributed by atoms with Crippen LogP contribution in [0.25, 0.3) is 0 Å². The monoisotopic (exact) mass is 250 g/mol. The summed E-state index contributed by atoms with van der Waals surface area (Å²) in [6.07, 6.45) is 4.56. The molecule has 17 heavy (non-hydrogen) atoms. The molecule has 0 radical (unpaired) electrons. The maximum atomic E-state index is 4.34. The number of benzene rings is 1. The fourth-order valence-corrected chi connectivity index (χ4v) is 2.87. The molecule has 0 amide bonds. The largest absolute Gasteiger partial charge is 0.317 e. The van der Waals surface area contributed by atoms with E-state index in [1.165, 1.54) is 29.5 Å². The van der Waals surface area contributed by atoms with Gasteiger partial charge in [-0.05, 0) is 67.1 Å². The summed E-state index contributed by atoms with van der Waals surface area (Å²) in [7, 11) is 0. The van der Waals surface area contributed by atoms with E-state index < -0.39 is 0 Å². The number of nitrogens with one attached hydrogen (secondary N) is 1. The predicted molar refractivity (Wildman–Crippen MR) is 74.6 cm³/mol. The molecule has 0 aliphatic carbocycles. The van der Waals surface area contributed by atoms with Crippen molar-refractivity contribution in [2.24, 2.45) is 4.99 Å². The molecule has 0 saturated carbocycles. The van der Waals surface area contributed by atoms with Crippen molar-refractivity contribution in [3.05, 3.63) is 34.4 Å². The van der Waals surface area contributed by atoms with E-state index in [4.69, 9.17) is 0 Å². The fourth-order valence-electron chi connectivity index (χ4n) is 2.87. The number of piperidine rings is 1. The molecule has 2 heterocycles. The molecule has 2 nitrogen and oxygen atoms in total. The van der Waals surface area contributed by atoms with E-state index >= 15 is 0 Å². The van der Waals surface area contributed by atoms with Crippen LogP contribution in [0.3, 0.4) is 0 Å². The second-order valence-corrected chi connectivity index (χ2v) is 4.90. The van der Waals surface area contributed by atoms with E-state index in [2.05, 4.69) is 29.4 Å². The molecule has 0 unspecified atom stereocenters. The average molecular weight is 251 g/mol. The molecule has 0 spiro atoms. The number of rotatable bonds is 1. The van der Waals surface area contributed by atoms with Gasteiger partial charge in [-0.25, -0.2) is 0 Å². The van der Waals surface area contributed by atoms with Gasteiger partial charge >= 0.3 is 0 Å². The Morgan fingerprint density at radius 3 is 2.76 bits per heavy atom. The molecule has 1 aromatic rings. The van der Waals surface area contributed by atoms with Crippen molar-refractivity contribution in [2.45, 2.75) is 32.2 Å². The second kappa shape index (κ2) is 5.19. The third kappa shape index (κ3) is 2.38. The molecular formula is C14H19ClN2. The SMILES string of the molecule is Cc1cc2c(cc1C1CCNCC1)CN=C2.Cl. The molecule has 3 heteroatoms. The zero-order valence-electron chi connectivity index (χ0n) is 10.2. The lowest BCUT2D eigenvalue weighted by Gasteiger charge is -2.25. The standard InChI is InChI=1S/C14H18N2.ClH/c1-10-6-12-8-16-9-13(12)7-14(10)11-2-4-15-5-3-11;/h6-8,11,15H,2-5,9H2,1H3;1H. The summed E-state index contributed by atoms with van der Waals surface area (Å²) >= 11 is 0. The number of halogens is 1. The molecular weight excluding hydrogens is 232 g/mol. The molecule has 0 atom stereocenters. The van der Waals surface area contributed by atoms with Crippen LogP contribution in [0.1, 0.15) is 41.0 Å². The molecule has 1 aromatic carbocycles. The van der Waals surface area contributed by atoms with E-state index in [0.29, 0.717) is 0 Å². The molecule has 0 bridgehead atoms. The molecule has 92 valence electrons. The first kappa shape index (κ1) is 12.6. The molecule has 2 aliphatic rings. The van der Waals surface area contributed by atoms with Crippen LogP contribution < -0.4 is 5.32 Å². The van der Waals surface area contributed by atoms with Gasteiger partial charge in [-0.2, -0.15) is 0 Å². The van der Waals surface area contributed by atoms with Crippen molar-refractivity contribution < 1.29 is 0 Å². The first-order chi connectivity index (χ1) is 7.84. The molecule has 2 aliphatic heterocycles. The summed E-state index contributed by atoms with van der Waals surface area (Å²) in [5, 5.41) is 3.43. The van der Waals surface area contributed by atoms with Crippen LogP contribution in [-0.2, 0) is 6.54 Å². The number of hydrogen-bond donors (Lipinski definition) is 1. The number of aryl methyl sites for hydroxylation is 1. The summed E-state index contributed by atoms with van der Waals surface area (Å²) in [6, 6.07) is 4.71. The molecule has 1 N–H and O–H groups in total. The zero-order chi connectivity index (χ0) is 11.0. The minimum atomic E-state index is 0. The first-order valence-electron chi connectivity index (χ1n) is 6.18. The van der Waals surface area contributed by atoms with Crippen LogP contribution in [0.5, 0.6) is 0 Å². The summed E-state index contributed by atoms with van der Waals surface area (Å²) < 4.78 is 0. The normalized spacial score (nSPS) is 18.9. The van der Waals surface area contributed by atoms with Gasteiger partial charge in [0.2, 0.25) is 0 Å². The highest BCUT2D eigenvalue weighted by Gasteiger charge is 2.19. The Balaban J connectivity index is 0.00000108. The summed E-state index contributed by atoms with van der Waals surface area (Å²) in [5.74, 6) is 0.757. The van der Waals surface area contributed by atoms with Crippen LogP contribution in [0.4, 0.5) is 0 Å². The third-order valence-corrected chi connectivity index (χ3v) is 3.80. The Hall–Kier alpha value is -0.860.